The van der Waals surface area contributed by atoms with E-state index in [2.05, 4.69) is 0 Å². The Hall–Kier alpha value is -1.27. The summed E-state index contributed by atoms with van der Waals surface area (Å²) in [6, 6.07) is 4.60. The molecule has 0 bridgehead atoms. The fourth-order valence-electron chi connectivity index (χ4n) is 1.38. The molecule has 1 aromatic carbocycles. The van der Waals surface area contributed by atoms with Gasteiger partial charge in [0.25, 0.3) is 0 Å². The Balaban J connectivity index is 2.96. The summed E-state index contributed by atoms with van der Waals surface area (Å²) >= 11 is 10.9. The van der Waals surface area contributed by atoms with Crippen LogP contribution in [0.4, 0.5) is 13.2 Å². The van der Waals surface area contributed by atoms with Crippen LogP contribution in [0.15, 0.2) is 24.3 Å². The molecule has 0 aliphatic rings. The summed E-state index contributed by atoms with van der Waals surface area (Å²) in [7, 11) is 0. The average molecular weight is 314 g/mol. The number of rotatable bonds is 4. The van der Waals surface area contributed by atoms with E-state index in [0.29, 0.717) is 0 Å². The molecule has 8 heteroatoms. The summed E-state index contributed by atoms with van der Waals surface area (Å²) in [5.74, 6) is -2.14. The molecule has 19 heavy (non-hydrogen) atoms. The molecule has 0 aliphatic carbocycles. The number of amides is 1. The molecule has 0 aromatic heterocycles. The third-order valence-corrected chi connectivity index (χ3v) is 2.57. The van der Waals surface area contributed by atoms with E-state index in [1.807, 2.05) is 0 Å². The number of alkyl halides is 3. The number of benzene rings is 1. The highest BCUT2D eigenvalue weighted by Crippen LogP contribution is 2.24. The molecule has 1 amide bonds. The summed E-state index contributed by atoms with van der Waals surface area (Å²) in [5.41, 5.74) is 0.263. The molecule has 0 aliphatic heterocycles. The first kappa shape index (κ1) is 15.8. The van der Waals surface area contributed by atoms with Gasteiger partial charge < -0.3 is 5.32 Å². The standard InChI is InChI=1S/C11H8Cl2F3NO2/c12-7-3-1-2-6(4-7)8(5-9(13)18)17-10(19)11(14,15)16/h1-4,8H,5H2,(H,17,19). The first-order valence-electron chi connectivity index (χ1n) is 5.01. The van der Waals surface area contributed by atoms with E-state index in [-0.39, 0.29) is 10.6 Å². The Morgan fingerprint density at radius 3 is 2.42 bits per heavy atom. The molecular weight excluding hydrogens is 306 g/mol. The van der Waals surface area contributed by atoms with Crippen LogP contribution in [0.5, 0.6) is 0 Å². The van der Waals surface area contributed by atoms with Crippen molar-refractivity contribution < 1.29 is 22.8 Å². The van der Waals surface area contributed by atoms with Crippen LogP contribution in [0.25, 0.3) is 0 Å². The Morgan fingerprint density at radius 2 is 1.95 bits per heavy atom. The smallest absolute Gasteiger partial charge is 0.341 e. The summed E-state index contributed by atoms with van der Waals surface area (Å²) in [6.07, 6.45) is -5.50. The summed E-state index contributed by atoms with van der Waals surface area (Å²) in [6.45, 7) is 0. The number of hydrogen-bond donors (Lipinski definition) is 1. The minimum atomic E-state index is -5.04. The predicted octanol–water partition coefficient (Wildman–Crippen LogP) is 3.22. The second-order valence-electron chi connectivity index (χ2n) is 3.64. The second-order valence-corrected chi connectivity index (χ2v) is 4.50. The maximum Gasteiger partial charge on any atom is 0.471 e. The van der Waals surface area contributed by atoms with E-state index in [0.717, 1.165) is 0 Å². The molecule has 104 valence electrons. The maximum atomic E-state index is 12.2. The zero-order chi connectivity index (χ0) is 14.6. The van der Waals surface area contributed by atoms with E-state index in [1.54, 1.807) is 5.32 Å². The molecule has 0 spiro atoms. The zero-order valence-electron chi connectivity index (χ0n) is 9.30. The van der Waals surface area contributed by atoms with Crippen LogP contribution in [0.1, 0.15) is 18.0 Å². The Bertz CT molecular complexity index is 491. The van der Waals surface area contributed by atoms with Crippen LogP contribution in [0.2, 0.25) is 5.02 Å². The van der Waals surface area contributed by atoms with Crippen LogP contribution >= 0.6 is 23.2 Å². The number of halogens is 5. The van der Waals surface area contributed by atoms with Crippen molar-refractivity contribution in [2.45, 2.75) is 18.6 Å². The molecular formula is C11H8Cl2F3NO2. The molecule has 1 N–H and O–H groups in total. The van der Waals surface area contributed by atoms with Gasteiger partial charge in [-0.15, -0.1) is 0 Å². The molecule has 1 aromatic rings. The van der Waals surface area contributed by atoms with Gasteiger partial charge in [-0.3, -0.25) is 9.59 Å². The number of nitrogens with one attached hydrogen (secondary N) is 1. The summed E-state index contributed by atoms with van der Waals surface area (Å²) < 4.78 is 36.6. The third kappa shape index (κ3) is 5.08. The van der Waals surface area contributed by atoms with Crippen LogP contribution in [-0.2, 0) is 9.59 Å². The zero-order valence-corrected chi connectivity index (χ0v) is 10.8. The van der Waals surface area contributed by atoms with Crippen molar-refractivity contribution in [3.05, 3.63) is 34.9 Å². The molecule has 0 saturated heterocycles. The van der Waals surface area contributed by atoms with Gasteiger partial charge in [0, 0.05) is 11.4 Å². The molecule has 3 nitrogen and oxygen atoms in total. The highest BCUT2D eigenvalue weighted by atomic mass is 35.5. The van der Waals surface area contributed by atoms with Crippen molar-refractivity contribution >= 4 is 34.4 Å². The lowest BCUT2D eigenvalue weighted by atomic mass is 10.0. The number of carbonyl (C=O) groups excluding carboxylic acids is 2. The molecule has 1 rings (SSSR count). The second kappa shape index (κ2) is 6.25. The van der Waals surface area contributed by atoms with Crippen LogP contribution in [0, 0.1) is 0 Å². The van der Waals surface area contributed by atoms with Gasteiger partial charge in [-0.2, -0.15) is 13.2 Å². The molecule has 0 fully saturated rings. The third-order valence-electron chi connectivity index (χ3n) is 2.18. The van der Waals surface area contributed by atoms with Crippen LogP contribution in [-0.4, -0.2) is 17.3 Å². The Labute approximate surface area is 116 Å². The fraction of sp³-hybridized carbons (Fsp3) is 0.273. The minimum absolute atomic E-state index is 0.263. The average Bonchev–Trinajstić information content (AvgIpc) is 2.26. The topological polar surface area (TPSA) is 46.2 Å². The highest BCUT2D eigenvalue weighted by molar-refractivity contribution is 6.63. The van der Waals surface area contributed by atoms with Crippen molar-refractivity contribution in [1.82, 2.24) is 5.32 Å². The molecule has 0 radical (unpaired) electrons. The lowest BCUT2D eigenvalue weighted by molar-refractivity contribution is -0.174. The van der Waals surface area contributed by atoms with Gasteiger partial charge in [0.2, 0.25) is 5.24 Å². The van der Waals surface area contributed by atoms with Crippen molar-refractivity contribution in [3.63, 3.8) is 0 Å². The first-order valence-corrected chi connectivity index (χ1v) is 5.77. The van der Waals surface area contributed by atoms with Crippen molar-refractivity contribution in [1.29, 1.82) is 0 Å². The van der Waals surface area contributed by atoms with Gasteiger partial charge >= 0.3 is 12.1 Å². The monoisotopic (exact) mass is 313 g/mol. The van der Waals surface area contributed by atoms with Crippen molar-refractivity contribution in [2.75, 3.05) is 0 Å². The minimum Gasteiger partial charge on any atom is -0.341 e. The lowest BCUT2D eigenvalue weighted by Gasteiger charge is -2.18. The SMILES string of the molecule is O=C(Cl)CC(NC(=O)C(F)(F)F)c1cccc(Cl)c1. The normalized spacial score (nSPS) is 12.9. The Kier molecular flexibility index (Phi) is 5.20. The fourth-order valence-corrected chi connectivity index (χ4v) is 1.73. The van der Waals surface area contributed by atoms with Crippen LogP contribution in [0.3, 0.4) is 0 Å². The van der Waals surface area contributed by atoms with Crippen LogP contribution < -0.4 is 5.32 Å². The maximum absolute atomic E-state index is 12.2. The van der Waals surface area contributed by atoms with Gasteiger partial charge in [-0.25, -0.2) is 0 Å². The number of hydrogen-bond acceptors (Lipinski definition) is 2. The van der Waals surface area contributed by atoms with Crippen molar-refractivity contribution in [2.24, 2.45) is 0 Å². The lowest BCUT2D eigenvalue weighted by Crippen LogP contribution is -2.39. The van der Waals surface area contributed by atoms with Gasteiger partial charge in [-0.1, -0.05) is 23.7 Å². The van der Waals surface area contributed by atoms with E-state index in [9.17, 15) is 22.8 Å². The van der Waals surface area contributed by atoms with E-state index >= 15 is 0 Å². The molecule has 1 atom stereocenters. The summed E-state index contributed by atoms with van der Waals surface area (Å²) in [4.78, 5) is 21.7. The highest BCUT2D eigenvalue weighted by Gasteiger charge is 2.40. The van der Waals surface area contributed by atoms with Gasteiger partial charge in [0.05, 0.1) is 6.04 Å². The molecule has 0 saturated carbocycles. The quantitative estimate of drug-likeness (QED) is 0.868. The largest absolute Gasteiger partial charge is 0.471 e. The number of carbonyl (C=O) groups is 2. The molecule has 1 unspecified atom stereocenters. The summed E-state index contributed by atoms with van der Waals surface area (Å²) in [5, 5.41) is 1.11. The first-order chi connectivity index (χ1) is 8.70. The van der Waals surface area contributed by atoms with Crippen molar-refractivity contribution in [3.8, 4) is 0 Å². The van der Waals surface area contributed by atoms with E-state index in [4.69, 9.17) is 23.2 Å². The van der Waals surface area contributed by atoms with Gasteiger partial charge in [0.15, 0.2) is 0 Å². The van der Waals surface area contributed by atoms with Gasteiger partial charge in [-0.05, 0) is 29.3 Å². The van der Waals surface area contributed by atoms with E-state index in [1.165, 1.54) is 24.3 Å². The van der Waals surface area contributed by atoms with Gasteiger partial charge in [0.1, 0.15) is 0 Å². The predicted molar refractivity (Wildman–Crippen MR) is 63.9 cm³/mol. The Morgan fingerprint density at radius 1 is 1.32 bits per heavy atom. The molecule has 0 heterocycles. The van der Waals surface area contributed by atoms with E-state index < -0.39 is 29.8 Å².